The number of allylic oxidation sites excluding steroid dienone is 3. The van der Waals surface area contributed by atoms with Crippen LogP contribution in [-0.4, -0.2) is 6.61 Å². The second kappa shape index (κ2) is 11.5. The molecule has 1 aliphatic carbocycles. The fraction of sp³-hybridized carbons (Fsp3) is 0.357. The lowest BCUT2D eigenvalue weighted by Gasteiger charge is -2.22. The maximum absolute atomic E-state index is 14.7. The van der Waals surface area contributed by atoms with E-state index in [0.29, 0.717) is 30.6 Å². The topological polar surface area (TPSA) is 9.23 Å². The Balaban J connectivity index is 1.60. The minimum Gasteiger partial charge on any atom is -0.373 e. The maximum atomic E-state index is 14.7. The molecule has 2 aromatic carbocycles. The van der Waals surface area contributed by atoms with Gasteiger partial charge in [-0.1, -0.05) is 66.5 Å². The van der Waals surface area contributed by atoms with Gasteiger partial charge in [0, 0.05) is 17.0 Å². The van der Waals surface area contributed by atoms with Crippen molar-refractivity contribution in [2.24, 2.45) is 11.8 Å². The molecule has 0 spiro atoms. The molecule has 3 rings (SSSR count). The molecule has 0 radical (unpaired) electrons. The first-order valence-electron chi connectivity index (χ1n) is 10.9. The van der Waals surface area contributed by atoms with E-state index < -0.39 is 0 Å². The Kier molecular flexibility index (Phi) is 8.48. The van der Waals surface area contributed by atoms with Crippen molar-refractivity contribution in [3.63, 3.8) is 0 Å². The number of rotatable bonds is 6. The van der Waals surface area contributed by atoms with E-state index >= 15 is 0 Å². The quantitative estimate of drug-likeness (QED) is 0.279. The third-order valence-corrected chi connectivity index (χ3v) is 5.61. The zero-order chi connectivity index (χ0) is 21.2. The highest BCUT2D eigenvalue weighted by atomic mass is 19.1. The summed E-state index contributed by atoms with van der Waals surface area (Å²) in [5, 5.41) is 0. The predicted molar refractivity (Wildman–Crippen MR) is 123 cm³/mol. The van der Waals surface area contributed by atoms with Crippen molar-refractivity contribution in [2.45, 2.75) is 46.1 Å². The highest BCUT2D eigenvalue weighted by molar-refractivity contribution is 5.65. The lowest BCUT2D eigenvalue weighted by molar-refractivity contribution is 0.148. The van der Waals surface area contributed by atoms with Crippen molar-refractivity contribution >= 4 is 0 Å². The minimum atomic E-state index is -0.226. The molecule has 1 nitrogen and oxygen atoms in total. The van der Waals surface area contributed by atoms with Crippen molar-refractivity contribution in [3.8, 4) is 23.0 Å². The number of halogens is 1. The van der Waals surface area contributed by atoms with Crippen LogP contribution in [0.4, 0.5) is 4.39 Å². The summed E-state index contributed by atoms with van der Waals surface area (Å²) in [6.45, 7) is 5.21. The van der Waals surface area contributed by atoms with Crippen LogP contribution in [0.1, 0.15) is 50.7 Å². The van der Waals surface area contributed by atoms with E-state index in [1.165, 1.54) is 12.8 Å². The molecule has 30 heavy (non-hydrogen) atoms. The Bertz CT molecular complexity index is 919. The van der Waals surface area contributed by atoms with Crippen molar-refractivity contribution in [2.75, 3.05) is 6.61 Å². The molecule has 1 fully saturated rings. The van der Waals surface area contributed by atoms with E-state index in [1.807, 2.05) is 55.5 Å². The fourth-order valence-electron chi connectivity index (χ4n) is 3.86. The monoisotopic (exact) mass is 402 g/mol. The molecule has 0 N–H and O–H groups in total. The normalized spacial score (nSPS) is 19.2. The third kappa shape index (κ3) is 6.44. The van der Waals surface area contributed by atoms with Gasteiger partial charge in [0.1, 0.15) is 5.82 Å². The Hall–Kier alpha value is -2.63. The lowest BCUT2D eigenvalue weighted by Crippen LogP contribution is -2.11. The molecule has 0 bridgehead atoms. The van der Waals surface area contributed by atoms with Gasteiger partial charge in [-0.2, -0.15) is 0 Å². The van der Waals surface area contributed by atoms with Crippen LogP contribution >= 0.6 is 0 Å². The Morgan fingerprint density at radius 3 is 2.43 bits per heavy atom. The molecule has 2 aromatic rings. The first-order valence-corrected chi connectivity index (χ1v) is 10.9. The highest BCUT2D eigenvalue weighted by Gasteiger charge is 2.17. The number of hydrogen-bond acceptors (Lipinski definition) is 1. The van der Waals surface area contributed by atoms with Crippen molar-refractivity contribution in [1.82, 2.24) is 0 Å². The first kappa shape index (κ1) is 22.1. The molecule has 1 aliphatic rings. The molecule has 0 aliphatic heterocycles. The van der Waals surface area contributed by atoms with Gasteiger partial charge >= 0.3 is 0 Å². The van der Waals surface area contributed by atoms with E-state index in [2.05, 4.69) is 30.9 Å². The van der Waals surface area contributed by atoms with Crippen LogP contribution in [0.15, 0.2) is 66.8 Å². The van der Waals surface area contributed by atoms with Gasteiger partial charge in [-0.25, -0.2) is 4.39 Å². The summed E-state index contributed by atoms with van der Waals surface area (Å²) < 4.78 is 20.3. The van der Waals surface area contributed by atoms with Gasteiger partial charge in [-0.05, 0) is 68.7 Å². The standard InChI is InChI=1S/C28H31FO/c1-3-5-19-30-21-25-13-16-26(17-14-25)27-18-15-24(20-28(27)29)12-11-23-9-7-22(6-4-2)8-10-23/h3-6,13-18,20,22-23H,7-10,19,21H2,1-2H3/t22-,23-. The largest absolute Gasteiger partial charge is 0.373 e. The van der Waals surface area contributed by atoms with Gasteiger partial charge in [0.2, 0.25) is 0 Å². The van der Waals surface area contributed by atoms with E-state index in [0.717, 1.165) is 29.5 Å². The molecular formula is C28H31FO. The summed E-state index contributed by atoms with van der Waals surface area (Å²) in [7, 11) is 0. The molecule has 0 aromatic heterocycles. The van der Waals surface area contributed by atoms with Gasteiger partial charge in [-0.3, -0.25) is 0 Å². The smallest absolute Gasteiger partial charge is 0.132 e. The van der Waals surface area contributed by atoms with Crippen molar-refractivity contribution in [3.05, 3.63) is 83.7 Å². The molecule has 156 valence electrons. The SMILES string of the molecule is CC=CCOCc1ccc(-c2ccc(C#C[C@H]3CC[C@H](C=CC)CC3)cc2F)cc1. The summed E-state index contributed by atoms with van der Waals surface area (Å²) in [4.78, 5) is 0. The van der Waals surface area contributed by atoms with Crippen LogP contribution in [0.5, 0.6) is 0 Å². The zero-order valence-electron chi connectivity index (χ0n) is 18.0. The molecule has 0 heterocycles. The van der Waals surface area contributed by atoms with Crippen LogP contribution in [0.2, 0.25) is 0 Å². The molecule has 0 atom stereocenters. The van der Waals surface area contributed by atoms with Gasteiger partial charge in [0.15, 0.2) is 0 Å². The molecule has 2 heteroatoms. The highest BCUT2D eigenvalue weighted by Crippen LogP contribution is 2.29. The molecular weight excluding hydrogens is 371 g/mol. The van der Waals surface area contributed by atoms with Crippen LogP contribution in [0.25, 0.3) is 11.1 Å². The van der Waals surface area contributed by atoms with Crippen LogP contribution in [0.3, 0.4) is 0 Å². The van der Waals surface area contributed by atoms with Crippen LogP contribution in [-0.2, 0) is 11.3 Å². The summed E-state index contributed by atoms with van der Waals surface area (Å²) in [6.07, 6.45) is 13.1. The second-order valence-corrected chi connectivity index (χ2v) is 7.88. The van der Waals surface area contributed by atoms with E-state index in [1.54, 1.807) is 6.07 Å². The summed E-state index contributed by atoms with van der Waals surface area (Å²) in [5.41, 5.74) is 3.30. The van der Waals surface area contributed by atoms with Gasteiger partial charge in [0.25, 0.3) is 0 Å². The molecule has 1 saturated carbocycles. The summed E-state index contributed by atoms with van der Waals surface area (Å²) in [6, 6.07) is 13.2. The van der Waals surface area contributed by atoms with Crippen LogP contribution in [0, 0.1) is 29.5 Å². The average molecular weight is 403 g/mol. The van der Waals surface area contributed by atoms with Crippen molar-refractivity contribution in [1.29, 1.82) is 0 Å². The van der Waals surface area contributed by atoms with Gasteiger partial charge in [0.05, 0.1) is 13.2 Å². The minimum absolute atomic E-state index is 0.226. The Labute approximate surface area is 180 Å². The molecule has 0 amide bonds. The predicted octanol–water partition coefficient (Wildman–Crippen LogP) is 7.32. The summed E-state index contributed by atoms with van der Waals surface area (Å²) >= 11 is 0. The lowest BCUT2D eigenvalue weighted by atomic mass is 9.82. The van der Waals surface area contributed by atoms with E-state index in [-0.39, 0.29) is 5.82 Å². The van der Waals surface area contributed by atoms with Gasteiger partial charge in [-0.15, -0.1) is 0 Å². The number of ether oxygens (including phenoxy) is 1. The van der Waals surface area contributed by atoms with Crippen LogP contribution < -0.4 is 0 Å². The zero-order valence-corrected chi connectivity index (χ0v) is 18.0. The number of hydrogen-bond donors (Lipinski definition) is 0. The molecule has 0 saturated heterocycles. The number of benzene rings is 2. The fourth-order valence-corrected chi connectivity index (χ4v) is 3.86. The molecule has 0 unspecified atom stereocenters. The van der Waals surface area contributed by atoms with Crippen molar-refractivity contribution < 1.29 is 9.13 Å². The van der Waals surface area contributed by atoms with E-state index in [4.69, 9.17) is 4.74 Å². The Morgan fingerprint density at radius 1 is 1.00 bits per heavy atom. The second-order valence-electron chi connectivity index (χ2n) is 7.88. The van der Waals surface area contributed by atoms with E-state index in [9.17, 15) is 4.39 Å². The first-order chi connectivity index (χ1) is 14.7. The maximum Gasteiger partial charge on any atom is 0.132 e. The Morgan fingerprint density at radius 2 is 1.77 bits per heavy atom. The third-order valence-electron chi connectivity index (χ3n) is 5.61. The summed E-state index contributed by atoms with van der Waals surface area (Å²) in [5.74, 6) is 7.46. The average Bonchev–Trinajstić information content (AvgIpc) is 2.77. The van der Waals surface area contributed by atoms with Gasteiger partial charge < -0.3 is 4.74 Å².